The summed E-state index contributed by atoms with van der Waals surface area (Å²) in [5.74, 6) is -0.0749. The number of nitrogens with zero attached hydrogens (tertiary/aromatic N) is 1. The zero-order valence-electron chi connectivity index (χ0n) is 23.9. The van der Waals surface area contributed by atoms with Gasteiger partial charge in [-0.05, 0) is 63.5 Å². The van der Waals surface area contributed by atoms with Crippen molar-refractivity contribution in [2.75, 3.05) is 13.1 Å². The predicted octanol–water partition coefficient (Wildman–Crippen LogP) is 7.50. The summed E-state index contributed by atoms with van der Waals surface area (Å²) in [4.78, 5) is 28.0. The first-order valence-corrected chi connectivity index (χ1v) is 14.1. The number of hydrogen-bond acceptors (Lipinski definition) is 3. The molecule has 0 fully saturated rings. The van der Waals surface area contributed by atoms with Crippen molar-refractivity contribution in [1.82, 2.24) is 15.6 Å². The lowest BCUT2D eigenvalue weighted by Crippen LogP contribution is -2.34. The first kappa shape index (κ1) is 33.3. The highest BCUT2D eigenvalue weighted by Gasteiger charge is 2.00. The van der Waals surface area contributed by atoms with Crippen LogP contribution in [-0.4, -0.2) is 29.9 Å². The molecule has 0 spiro atoms. The van der Waals surface area contributed by atoms with Crippen molar-refractivity contribution in [3.8, 4) is 0 Å². The van der Waals surface area contributed by atoms with Crippen molar-refractivity contribution >= 4 is 17.9 Å². The number of aryl methyl sites for hydroxylation is 1. The minimum Gasteiger partial charge on any atom is -0.354 e. The van der Waals surface area contributed by atoms with Crippen LogP contribution in [0.5, 0.6) is 0 Å². The molecule has 5 nitrogen and oxygen atoms in total. The monoisotopic (exact) mass is 529 g/mol. The average molecular weight is 530 g/mol. The van der Waals surface area contributed by atoms with Crippen molar-refractivity contribution < 1.29 is 9.59 Å². The van der Waals surface area contributed by atoms with Crippen LogP contribution in [0.2, 0.25) is 0 Å². The molecule has 0 aliphatic carbocycles. The summed E-state index contributed by atoms with van der Waals surface area (Å²) in [6, 6.07) is 3.90. The van der Waals surface area contributed by atoms with E-state index in [9.17, 15) is 9.59 Å². The molecule has 1 aromatic rings. The number of carbonyl (C=O) groups is 2. The molecular weight excluding hydrogens is 482 g/mol. The number of nitrogens with one attached hydrogen (secondary N) is 2. The van der Waals surface area contributed by atoms with Gasteiger partial charge in [0, 0.05) is 37.8 Å². The number of hydrogen-bond donors (Lipinski definition) is 2. The first-order valence-electron chi connectivity index (χ1n) is 14.1. The van der Waals surface area contributed by atoms with Gasteiger partial charge in [0.2, 0.25) is 11.8 Å². The van der Waals surface area contributed by atoms with Crippen molar-refractivity contribution in [3.63, 3.8) is 0 Å². The van der Waals surface area contributed by atoms with Gasteiger partial charge in [-0.3, -0.25) is 14.6 Å². The van der Waals surface area contributed by atoms with E-state index in [1.54, 1.807) is 6.20 Å². The zero-order chi connectivity index (χ0) is 28.2. The average Bonchev–Trinajstić information content (AvgIpc) is 2.93. The Balaban J connectivity index is 1.97. The van der Waals surface area contributed by atoms with Gasteiger partial charge in [0.15, 0.2) is 0 Å². The summed E-state index contributed by atoms with van der Waals surface area (Å²) < 4.78 is 0. The number of pyridine rings is 1. The number of rotatable bonds is 20. The Morgan fingerprint density at radius 1 is 0.692 bits per heavy atom. The third-order valence-corrected chi connectivity index (χ3v) is 5.45. The second-order valence-electron chi connectivity index (χ2n) is 8.99. The van der Waals surface area contributed by atoms with Gasteiger partial charge in [-0.15, -0.1) is 0 Å². The van der Waals surface area contributed by atoms with Gasteiger partial charge in [0.1, 0.15) is 0 Å². The highest BCUT2D eigenvalue weighted by molar-refractivity contribution is 5.79. The summed E-state index contributed by atoms with van der Waals surface area (Å²) in [7, 11) is 0. The van der Waals surface area contributed by atoms with Crippen molar-refractivity contribution in [1.29, 1.82) is 0 Å². The van der Waals surface area contributed by atoms with Gasteiger partial charge in [0.25, 0.3) is 0 Å². The van der Waals surface area contributed by atoms with Gasteiger partial charge < -0.3 is 10.6 Å². The number of amides is 2. The Hall–Kier alpha value is -3.73. The Kier molecular flexibility index (Phi) is 21.0. The number of carbonyl (C=O) groups excluding carboxylic acids is 2. The van der Waals surface area contributed by atoms with Gasteiger partial charge in [-0.1, -0.05) is 98.1 Å². The van der Waals surface area contributed by atoms with E-state index < -0.39 is 0 Å². The molecular formula is C34H47N3O2. The normalized spacial score (nSPS) is 12.5. The fraction of sp³-hybridized carbons (Fsp3) is 0.382. The molecule has 0 aliphatic heterocycles. The maximum atomic E-state index is 11.9. The molecule has 1 rings (SSSR count). The second kappa shape index (κ2) is 24.6. The predicted molar refractivity (Wildman–Crippen MR) is 166 cm³/mol. The standard InChI is InChI=1S/C34H47N3O2/c1-3-4-5-6-7-8-9-10-11-12-13-14-15-16-17-18-19-20-21-24-33(38)35-28-29-36-34(39)25-22-23-32-27-26-31(2)37-30-32/h4-5,7-8,10-11,13-14,16-17,19-20,22-23,26-27,30H,3,6,9,12,15,18,21,24-25,28-29H2,1-2H3,(H,35,38)(H,36,39)/b5-4-,8-7-,11-10-,14-13-,17-16-,20-19-,23-22+. The van der Waals surface area contributed by atoms with Crippen LogP contribution in [0, 0.1) is 6.92 Å². The van der Waals surface area contributed by atoms with Crippen LogP contribution in [0.1, 0.15) is 76.0 Å². The Morgan fingerprint density at radius 2 is 1.21 bits per heavy atom. The molecule has 1 heterocycles. The molecule has 210 valence electrons. The fourth-order valence-corrected chi connectivity index (χ4v) is 3.30. The summed E-state index contributed by atoms with van der Waals surface area (Å²) in [6.07, 6.45) is 38.8. The molecule has 0 radical (unpaired) electrons. The van der Waals surface area contributed by atoms with Crippen LogP contribution in [0.25, 0.3) is 6.08 Å². The maximum Gasteiger partial charge on any atom is 0.223 e. The Morgan fingerprint density at radius 3 is 1.72 bits per heavy atom. The molecule has 2 N–H and O–H groups in total. The van der Waals surface area contributed by atoms with Gasteiger partial charge in [0.05, 0.1) is 0 Å². The van der Waals surface area contributed by atoms with E-state index in [0.717, 1.165) is 49.8 Å². The Labute approximate surface area is 236 Å². The third-order valence-electron chi connectivity index (χ3n) is 5.45. The van der Waals surface area contributed by atoms with Gasteiger partial charge in [-0.2, -0.15) is 0 Å². The molecule has 5 heteroatoms. The van der Waals surface area contributed by atoms with E-state index in [2.05, 4.69) is 89.4 Å². The molecule has 0 unspecified atom stereocenters. The SMILES string of the molecule is CC/C=C\C/C=C\C/C=C\C/C=C\C/C=C\C/C=C\CCC(=O)NCCNC(=O)C/C=C/c1ccc(C)nc1. The summed E-state index contributed by atoms with van der Waals surface area (Å²) in [5.41, 5.74) is 1.93. The lowest BCUT2D eigenvalue weighted by Gasteiger charge is -2.05. The van der Waals surface area contributed by atoms with E-state index in [0.29, 0.717) is 32.4 Å². The highest BCUT2D eigenvalue weighted by atomic mass is 16.2. The van der Waals surface area contributed by atoms with E-state index in [1.807, 2.05) is 37.3 Å². The molecule has 0 aromatic carbocycles. The molecule has 0 aliphatic rings. The minimum absolute atomic E-state index is 0.00413. The van der Waals surface area contributed by atoms with Crippen molar-refractivity contribution in [2.24, 2.45) is 0 Å². The molecule has 39 heavy (non-hydrogen) atoms. The first-order chi connectivity index (χ1) is 19.1. The van der Waals surface area contributed by atoms with E-state index in [1.165, 1.54) is 0 Å². The van der Waals surface area contributed by atoms with Crippen molar-refractivity contribution in [2.45, 2.75) is 71.6 Å². The largest absolute Gasteiger partial charge is 0.354 e. The highest BCUT2D eigenvalue weighted by Crippen LogP contribution is 2.02. The summed E-state index contributed by atoms with van der Waals surface area (Å²) >= 11 is 0. The summed E-state index contributed by atoms with van der Waals surface area (Å²) in [6.45, 7) is 4.94. The van der Waals surface area contributed by atoms with Crippen LogP contribution < -0.4 is 10.6 Å². The Bertz CT molecular complexity index is 996. The fourth-order valence-electron chi connectivity index (χ4n) is 3.30. The van der Waals surface area contributed by atoms with E-state index in [-0.39, 0.29) is 11.8 Å². The van der Waals surface area contributed by atoms with Crippen LogP contribution in [0.15, 0.2) is 97.3 Å². The van der Waals surface area contributed by atoms with Crippen LogP contribution >= 0.6 is 0 Å². The molecule has 1 aromatic heterocycles. The third kappa shape index (κ3) is 22.0. The quantitative estimate of drug-likeness (QED) is 0.136. The lowest BCUT2D eigenvalue weighted by molar-refractivity contribution is -0.122. The topological polar surface area (TPSA) is 71.1 Å². The zero-order valence-corrected chi connectivity index (χ0v) is 23.9. The molecule has 0 bridgehead atoms. The van der Waals surface area contributed by atoms with Gasteiger partial charge in [-0.25, -0.2) is 0 Å². The maximum absolute atomic E-state index is 11.9. The van der Waals surface area contributed by atoms with E-state index >= 15 is 0 Å². The molecule has 0 atom stereocenters. The van der Waals surface area contributed by atoms with Crippen LogP contribution in [0.3, 0.4) is 0 Å². The molecule has 0 saturated heterocycles. The van der Waals surface area contributed by atoms with Crippen LogP contribution in [-0.2, 0) is 9.59 Å². The van der Waals surface area contributed by atoms with E-state index in [4.69, 9.17) is 0 Å². The summed E-state index contributed by atoms with van der Waals surface area (Å²) in [5, 5.41) is 5.65. The molecule has 2 amide bonds. The molecule has 0 saturated carbocycles. The number of aromatic nitrogens is 1. The van der Waals surface area contributed by atoms with Crippen LogP contribution in [0.4, 0.5) is 0 Å². The number of allylic oxidation sites excluding steroid dienone is 12. The lowest BCUT2D eigenvalue weighted by atomic mass is 10.2. The smallest absolute Gasteiger partial charge is 0.223 e. The van der Waals surface area contributed by atoms with Crippen molar-refractivity contribution in [3.05, 3.63) is 109 Å². The second-order valence-corrected chi connectivity index (χ2v) is 8.99. The van der Waals surface area contributed by atoms with Gasteiger partial charge >= 0.3 is 0 Å². The minimum atomic E-state index is -0.0708.